The zero-order valence-electron chi connectivity index (χ0n) is 19.0. The van der Waals surface area contributed by atoms with Gasteiger partial charge in [-0.25, -0.2) is 0 Å². The third kappa shape index (κ3) is 6.74. The number of aryl methyl sites for hydroxylation is 2. The van der Waals surface area contributed by atoms with Gasteiger partial charge < -0.3 is 10.6 Å². The van der Waals surface area contributed by atoms with Crippen molar-refractivity contribution in [3.05, 3.63) is 100 Å². The fourth-order valence-electron chi connectivity index (χ4n) is 3.32. The number of rotatable bonds is 5. The van der Waals surface area contributed by atoms with Gasteiger partial charge >= 0.3 is 12.4 Å². The van der Waals surface area contributed by atoms with Crippen LogP contribution in [-0.4, -0.2) is 11.8 Å². The van der Waals surface area contributed by atoms with Crippen LogP contribution in [0.15, 0.2) is 72.3 Å². The molecule has 2 N–H and O–H groups in total. The number of halogens is 6. The lowest BCUT2D eigenvalue weighted by Crippen LogP contribution is -2.25. The lowest BCUT2D eigenvalue weighted by molar-refractivity contribution is -0.138. The zero-order chi connectivity index (χ0) is 26.7. The molecular weight excluding hydrogens is 486 g/mol. The van der Waals surface area contributed by atoms with E-state index in [9.17, 15) is 35.9 Å². The summed E-state index contributed by atoms with van der Waals surface area (Å²) in [5.74, 6) is -2.09. The van der Waals surface area contributed by atoms with Gasteiger partial charge in [0.25, 0.3) is 11.8 Å². The van der Waals surface area contributed by atoms with Crippen molar-refractivity contribution in [1.29, 1.82) is 0 Å². The number of hydrogen-bond donors (Lipinski definition) is 2. The van der Waals surface area contributed by atoms with Crippen LogP contribution >= 0.6 is 0 Å². The molecule has 0 aliphatic heterocycles. The second-order valence-electron chi connectivity index (χ2n) is 7.98. The Morgan fingerprint density at radius 2 is 1.17 bits per heavy atom. The standard InChI is InChI=1S/C26H20F6N2O2/c1-15-9-10-17(16(2)11-15)12-22(23(35)33-20-7-3-5-18(13-20)25(27,28)29)24(36)34-21-8-4-6-19(14-21)26(30,31)32/h3-14H,1-2H3,(H,33,35)(H,34,36). The number of carbonyl (C=O) groups excluding carboxylic acids is 2. The van der Waals surface area contributed by atoms with Crippen LogP contribution in [0.3, 0.4) is 0 Å². The molecular formula is C26H20F6N2O2. The Labute approximate surface area is 202 Å². The minimum atomic E-state index is -4.65. The van der Waals surface area contributed by atoms with Crippen molar-refractivity contribution >= 4 is 29.3 Å². The third-order valence-corrected chi connectivity index (χ3v) is 5.11. The van der Waals surface area contributed by atoms with Gasteiger partial charge in [-0.1, -0.05) is 35.9 Å². The van der Waals surface area contributed by atoms with E-state index in [0.29, 0.717) is 23.3 Å². The van der Waals surface area contributed by atoms with Gasteiger partial charge in [-0.05, 0) is 67.4 Å². The van der Waals surface area contributed by atoms with Crippen molar-refractivity contribution in [1.82, 2.24) is 0 Å². The van der Waals surface area contributed by atoms with Crippen molar-refractivity contribution in [3.8, 4) is 0 Å². The third-order valence-electron chi connectivity index (χ3n) is 5.11. The maximum absolute atomic E-state index is 13.0. The predicted octanol–water partition coefficient (Wildman–Crippen LogP) is 7.00. The van der Waals surface area contributed by atoms with E-state index in [1.807, 2.05) is 6.92 Å². The topological polar surface area (TPSA) is 58.2 Å². The maximum atomic E-state index is 13.0. The Morgan fingerprint density at radius 3 is 1.58 bits per heavy atom. The van der Waals surface area contributed by atoms with Crippen LogP contribution in [0, 0.1) is 13.8 Å². The Balaban J connectivity index is 1.97. The normalized spacial score (nSPS) is 11.6. The van der Waals surface area contributed by atoms with E-state index in [-0.39, 0.29) is 11.4 Å². The second kappa shape index (κ2) is 10.3. The number of nitrogens with one attached hydrogen (secondary N) is 2. The monoisotopic (exact) mass is 506 g/mol. The SMILES string of the molecule is Cc1ccc(C=C(C(=O)Nc2cccc(C(F)(F)F)c2)C(=O)Nc2cccc(C(F)(F)F)c2)c(C)c1. The summed E-state index contributed by atoms with van der Waals surface area (Å²) in [4.78, 5) is 26.0. The van der Waals surface area contributed by atoms with Gasteiger partial charge in [-0.2, -0.15) is 26.3 Å². The van der Waals surface area contributed by atoms with Gasteiger partial charge in [0.2, 0.25) is 0 Å². The molecule has 10 heteroatoms. The van der Waals surface area contributed by atoms with Gasteiger partial charge in [0.1, 0.15) is 5.57 Å². The van der Waals surface area contributed by atoms with Gasteiger partial charge in [0.15, 0.2) is 0 Å². The lowest BCUT2D eigenvalue weighted by atomic mass is 10.0. The van der Waals surface area contributed by atoms with Gasteiger partial charge in [0, 0.05) is 11.4 Å². The highest BCUT2D eigenvalue weighted by Crippen LogP contribution is 2.32. The van der Waals surface area contributed by atoms with Crippen LogP contribution in [0.1, 0.15) is 27.8 Å². The van der Waals surface area contributed by atoms with Crippen LogP contribution in [0.5, 0.6) is 0 Å². The summed E-state index contributed by atoms with van der Waals surface area (Å²) in [6.45, 7) is 3.56. The van der Waals surface area contributed by atoms with E-state index in [0.717, 1.165) is 29.8 Å². The molecule has 3 aromatic carbocycles. The van der Waals surface area contributed by atoms with Crippen LogP contribution in [-0.2, 0) is 21.9 Å². The maximum Gasteiger partial charge on any atom is 0.416 e. The summed E-state index contributed by atoms with van der Waals surface area (Å²) in [5.41, 5.74) is -0.881. The number of hydrogen-bond acceptors (Lipinski definition) is 2. The molecule has 3 rings (SSSR count). The zero-order valence-corrected chi connectivity index (χ0v) is 19.0. The first-order valence-corrected chi connectivity index (χ1v) is 10.5. The largest absolute Gasteiger partial charge is 0.416 e. The molecule has 0 saturated heterocycles. The van der Waals surface area contributed by atoms with E-state index >= 15 is 0 Å². The summed E-state index contributed by atoms with van der Waals surface area (Å²) < 4.78 is 78.3. The van der Waals surface area contributed by atoms with Crippen LogP contribution < -0.4 is 10.6 Å². The first kappa shape index (κ1) is 26.5. The molecule has 4 nitrogen and oxygen atoms in total. The molecule has 0 bridgehead atoms. The Hall–Kier alpha value is -4.08. The van der Waals surface area contributed by atoms with Crippen LogP contribution in [0.4, 0.5) is 37.7 Å². The molecule has 188 valence electrons. The van der Waals surface area contributed by atoms with Gasteiger partial charge in [-0.3, -0.25) is 9.59 Å². The molecule has 0 spiro atoms. The number of amides is 2. The van der Waals surface area contributed by atoms with Gasteiger partial charge in [-0.15, -0.1) is 0 Å². The summed E-state index contributed by atoms with van der Waals surface area (Å²) in [6, 6.07) is 12.8. The van der Waals surface area contributed by atoms with E-state index in [1.165, 1.54) is 18.2 Å². The van der Waals surface area contributed by atoms with Crippen molar-refractivity contribution in [2.75, 3.05) is 10.6 Å². The summed E-state index contributed by atoms with van der Waals surface area (Å²) in [5, 5.41) is 4.52. The minimum Gasteiger partial charge on any atom is -0.322 e. The first-order chi connectivity index (χ1) is 16.7. The Kier molecular flexibility index (Phi) is 7.57. The van der Waals surface area contributed by atoms with Crippen molar-refractivity contribution in [2.24, 2.45) is 0 Å². The number of alkyl halides is 6. The lowest BCUT2D eigenvalue weighted by Gasteiger charge is -2.14. The van der Waals surface area contributed by atoms with Crippen molar-refractivity contribution in [3.63, 3.8) is 0 Å². The second-order valence-corrected chi connectivity index (χ2v) is 7.98. The van der Waals surface area contributed by atoms with Crippen molar-refractivity contribution in [2.45, 2.75) is 26.2 Å². The van der Waals surface area contributed by atoms with Crippen molar-refractivity contribution < 1.29 is 35.9 Å². The quantitative estimate of drug-likeness (QED) is 0.169. The molecule has 3 aromatic rings. The molecule has 0 aromatic heterocycles. The Bertz CT molecular complexity index is 1250. The molecule has 0 unspecified atom stereocenters. The smallest absolute Gasteiger partial charge is 0.322 e. The molecule has 0 aliphatic rings. The van der Waals surface area contributed by atoms with Crippen LogP contribution in [0.25, 0.3) is 6.08 Å². The highest BCUT2D eigenvalue weighted by molar-refractivity contribution is 6.28. The molecule has 0 radical (unpaired) electrons. The molecule has 0 aliphatic carbocycles. The molecule has 2 amide bonds. The average molecular weight is 506 g/mol. The average Bonchev–Trinajstić information content (AvgIpc) is 2.77. The number of carbonyl (C=O) groups is 2. The van der Waals surface area contributed by atoms with Crippen LogP contribution in [0.2, 0.25) is 0 Å². The summed E-state index contributed by atoms with van der Waals surface area (Å²) >= 11 is 0. The summed E-state index contributed by atoms with van der Waals surface area (Å²) in [7, 11) is 0. The summed E-state index contributed by atoms with van der Waals surface area (Å²) in [6.07, 6.45) is -8.08. The fraction of sp³-hybridized carbons (Fsp3) is 0.154. The molecule has 36 heavy (non-hydrogen) atoms. The predicted molar refractivity (Wildman–Crippen MR) is 124 cm³/mol. The minimum absolute atomic E-state index is 0.215. The van der Waals surface area contributed by atoms with Gasteiger partial charge in [0.05, 0.1) is 11.1 Å². The van der Waals surface area contributed by atoms with E-state index in [4.69, 9.17) is 0 Å². The number of anilines is 2. The molecule has 0 atom stereocenters. The van der Waals surface area contributed by atoms with E-state index < -0.39 is 40.9 Å². The highest BCUT2D eigenvalue weighted by Gasteiger charge is 2.32. The Morgan fingerprint density at radius 1 is 0.694 bits per heavy atom. The van der Waals surface area contributed by atoms with E-state index in [1.54, 1.807) is 25.1 Å². The first-order valence-electron chi connectivity index (χ1n) is 10.5. The fourth-order valence-corrected chi connectivity index (χ4v) is 3.32. The molecule has 0 fully saturated rings. The van der Waals surface area contributed by atoms with E-state index in [2.05, 4.69) is 10.6 Å². The highest BCUT2D eigenvalue weighted by atomic mass is 19.4. The number of benzene rings is 3. The molecule has 0 saturated carbocycles. The molecule has 0 heterocycles.